The number of hydrogen-bond acceptors (Lipinski definition) is 5. The van der Waals surface area contributed by atoms with Crippen molar-refractivity contribution in [2.75, 3.05) is 16.9 Å². The van der Waals surface area contributed by atoms with Gasteiger partial charge in [0.15, 0.2) is 0 Å². The van der Waals surface area contributed by atoms with E-state index < -0.39 is 6.04 Å². The fourth-order valence-electron chi connectivity index (χ4n) is 2.77. The quantitative estimate of drug-likeness (QED) is 0.854. The van der Waals surface area contributed by atoms with Gasteiger partial charge in [-0.25, -0.2) is 4.98 Å². The summed E-state index contributed by atoms with van der Waals surface area (Å²) < 4.78 is 0. The fraction of sp³-hybridized carbons (Fsp3) is 0.333. The second-order valence-corrected chi connectivity index (χ2v) is 7.01. The van der Waals surface area contributed by atoms with Crippen molar-refractivity contribution in [1.29, 1.82) is 0 Å². The van der Waals surface area contributed by atoms with Gasteiger partial charge in [-0.15, -0.1) is 11.8 Å². The molecule has 0 saturated carbocycles. The molecular weight excluding hydrogens is 352 g/mol. The largest absolute Gasteiger partial charge is 0.324 e. The lowest BCUT2D eigenvalue weighted by molar-refractivity contribution is -0.134. The van der Waals surface area contributed by atoms with Crippen molar-refractivity contribution in [1.82, 2.24) is 14.9 Å². The number of benzene rings is 1. The van der Waals surface area contributed by atoms with Crippen molar-refractivity contribution >= 4 is 29.3 Å². The SMILES string of the molecule is CCc1cc(=O)[nH]c(-c2cccc(NC(=O)[C@H]3CSCN3C(C)=O)c2)n1. The average molecular weight is 372 g/mol. The van der Waals surface area contributed by atoms with E-state index >= 15 is 0 Å². The highest BCUT2D eigenvalue weighted by molar-refractivity contribution is 7.99. The van der Waals surface area contributed by atoms with Gasteiger partial charge in [-0.2, -0.15) is 0 Å². The van der Waals surface area contributed by atoms with Crippen LogP contribution in [0.25, 0.3) is 11.4 Å². The Morgan fingerprint density at radius 3 is 2.92 bits per heavy atom. The van der Waals surface area contributed by atoms with E-state index in [1.54, 1.807) is 34.9 Å². The van der Waals surface area contributed by atoms with Crippen LogP contribution in [0.5, 0.6) is 0 Å². The number of rotatable bonds is 4. The predicted molar refractivity (Wildman–Crippen MR) is 102 cm³/mol. The van der Waals surface area contributed by atoms with E-state index in [2.05, 4.69) is 15.3 Å². The monoisotopic (exact) mass is 372 g/mol. The molecule has 0 spiro atoms. The summed E-state index contributed by atoms with van der Waals surface area (Å²) in [6.45, 7) is 3.40. The zero-order valence-electron chi connectivity index (χ0n) is 14.6. The number of H-pyrrole nitrogens is 1. The van der Waals surface area contributed by atoms with Crippen LogP contribution in [0.2, 0.25) is 0 Å². The number of thioether (sulfide) groups is 1. The summed E-state index contributed by atoms with van der Waals surface area (Å²) in [5, 5.41) is 2.86. The van der Waals surface area contributed by atoms with Crippen molar-refractivity contribution in [3.8, 4) is 11.4 Å². The highest BCUT2D eigenvalue weighted by Gasteiger charge is 2.32. The fourth-order valence-corrected chi connectivity index (χ4v) is 3.98. The van der Waals surface area contributed by atoms with Crippen LogP contribution in [0.1, 0.15) is 19.5 Å². The number of aromatic nitrogens is 2. The van der Waals surface area contributed by atoms with E-state index in [0.29, 0.717) is 40.8 Å². The molecule has 1 aliphatic heterocycles. The molecule has 2 aromatic rings. The van der Waals surface area contributed by atoms with E-state index in [4.69, 9.17) is 0 Å². The number of hydrogen-bond donors (Lipinski definition) is 2. The molecule has 2 N–H and O–H groups in total. The van der Waals surface area contributed by atoms with E-state index in [-0.39, 0.29) is 17.4 Å². The van der Waals surface area contributed by atoms with Gasteiger partial charge in [0, 0.05) is 35.7 Å². The molecule has 8 heteroatoms. The Labute approximate surface area is 155 Å². The van der Waals surface area contributed by atoms with E-state index in [1.165, 1.54) is 13.0 Å². The lowest BCUT2D eigenvalue weighted by Gasteiger charge is -2.21. The van der Waals surface area contributed by atoms with Gasteiger partial charge in [0.05, 0.1) is 5.88 Å². The van der Waals surface area contributed by atoms with Gasteiger partial charge in [0.2, 0.25) is 11.8 Å². The summed E-state index contributed by atoms with van der Waals surface area (Å²) in [6.07, 6.45) is 0.660. The number of carbonyl (C=O) groups is 2. The van der Waals surface area contributed by atoms with Gasteiger partial charge in [-0.1, -0.05) is 19.1 Å². The summed E-state index contributed by atoms with van der Waals surface area (Å²) >= 11 is 1.56. The van der Waals surface area contributed by atoms with Gasteiger partial charge in [0.1, 0.15) is 11.9 Å². The standard InChI is InChI=1S/C18H20N4O3S/c1-3-13-8-16(24)21-17(19-13)12-5-4-6-14(7-12)20-18(25)15-9-26-10-22(15)11(2)23/h4-8,15H,3,9-10H2,1-2H3,(H,20,25)(H,19,21,24)/t15-/m1/s1. The second kappa shape index (κ2) is 7.74. The maximum Gasteiger partial charge on any atom is 0.251 e. The molecule has 1 aromatic carbocycles. The molecule has 0 radical (unpaired) electrons. The number of nitrogens with zero attached hydrogens (tertiary/aromatic N) is 2. The minimum atomic E-state index is -0.470. The Bertz CT molecular complexity index is 896. The van der Waals surface area contributed by atoms with Gasteiger partial charge < -0.3 is 15.2 Å². The van der Waals surface area contributed by atoms with Crippen LogP contribution in [0, 0.1) is 0 Å². The molecule has 1 aliphatic rings. The smallest absolute Gasteiger partial charge is 0.251 e. The van der Waals surface area contributed by atoms with Crippen molar-refractivity contribution in [3.05, 3.63) is 46.4 Å². The summed E-state index contributed by atoms with van der Waals surface area (Å²) in [6, 6.07) is 8.14. The first kappa shape index (κ1) is 18.2. The van der Waals surface area contributed by atoms with Crippen LogP contribution in [-0.2, 0) is 16.0 Å². The number of carbonyl (C=O) groups excluding carboxylic acids is 2. The van der Waals surface area contributed by atoms with Crippen molar-refractivity contribution in [2.24, 2.45) is 0 Å². The maximum absolute atomic E-state index is 12.5. The lowest BCUT2D eigenvalue weighted by Crippen LogP contribution is -2.43. The lowest BCUT2D eigenvalue weighted by atomic mass is 10.1. The maximum atomic E-state index is 12.5. The van der Waals surface area contributed by atoms with Crippen LogP contribution in [0.15, 0.2) is 35.1 Å². The molecule has 1 atom stereocenters. The van der Waals surface area contributed by atoms with Crippen molar-refractivity contribution in [3.63, 3.8) is 0 Å². The zero-order chi connectivity index (χ0) is 18.7. The zero-order valence-corrected chi connectivity index (χ0v) is 15.4. The Morgan fingerprint density at radius 1 is 1.38 bits per heavy atom. The third-order valence-corrected chi connectivity index (χ3v) is 5.16. The molecule has 3 rings (SSSR count). The molecule has 1 fully saturated rings. The first-order chi connectivity index (χ1) is 12.5. The van der Waals surface area contributed by atoms with Crippen molar-refractivity contribution < 1.29 is 9.59 Å². The molecule has 0 unspecified atom stereocenters. The van der Waals surface area contributed by atoms with Crippen LogP contribution < -0.4 is 10.9 Å². The van der Waals surface area contributed by atoms with Crippen LogP contribution in [0.3, 0.4) is 0 Å². The second-order valence-electron chi connectivity index (χ2n) is 6.01. The Hall–Kier alpha value is -2.61. The van der Waals surface area contributed by atoms with Gasteiger partial charge in [0.25, 0.3) is 5.56 Å². The first-order valence-corrected chi connectivity index (χ1v) is 9.50. The third-order valence-electron chi connectivity index (χ3n) is 4.15. The summed E-state index contributed by atoms with van der Waals surface area (Å²) in [5.74, 6) is 1.25. The van der Waals surface area contributed by atoms with Crippen LogP contribution in [0.4, 0.5) is 5.69 Å². The van der Waals surface area contributed by atoms with Crippen molar-refractivity contribution in [2.45, 2.75) is 26.3 Å². The van der Waals surface area contributed by atoms with Gasteiger partial charge >= 0.3 is 0 Å². The van der Waals surface area contributed by atoms with E-state index in [1.807, 2.05) is 13.0 Å². The van der Waals surface area contributed by atoms with E-state index in [9.17, 15) is 14.4 Å². The predicted octanol–water partition coefficient (Wildman–Crippen LogP) is 1.86. The highest BCUT2D eigenvalue weighted by atomic mass is 32.2. The molecule has 1 saturated heterocycles. The molecule has 2 heterocycles. The Balaban J connectivity index is 1.82. The normalized spacial score (nSPS) is 16.5. The van der Waals surface area contributed by atoms with E-state index in [0.717, 1.165) is 0 Å². The average Bonchev–Trinajstić information content (AvgIpc) is 3.11. The molecule has 0 bridgehead atoms. The molecule has 0 aliphatic carbocycles. The summed E-state index contributed by atoms with van der Waals surface area (Å²) in [7, 11) is 0. The Kier molecular flexibility index (Phi) is 5.41. The van der Waals surface area contributed by atoms with Crippen LogP contribution in [-0.4, -0.2) is 44.4 Å². The molecular formula is C18H20N4O3S. The summed E-state index contributed by atoms with van der Waals surface area (Å²) in [5.41, 5.74) is 1.80. The molecule has 2 amide bonds. The number of aryl methyl sites for hydroxylation is 1. The van der Waals surface area contributed by atoms with Gasteiger partial charge in [-0.05, 0) is 18.6 Å². The Morgan fingerprint density at radius 2 is 2.19 bits per heavy atom. The number of amides is 2. The topological polar surface area (TPSA) is 95.2 Å². The molecule has 136 valence electrons. The summed E-state index contributed by atoms with van der Waals surface area (Å²) in [4.78, 5) is 44.7. The number of aromatic amines is 1. The highest BCUT2D eigenvalue weighted by Crippen LogP contribution is 2.23. The van der Waals surface area contributed by atoms with Crippen LogP contribution >= 0.6 is 11.8 Å². The molecule has 7 nitrogen and oxygen atoms in total. The molecule has 1 aromatic heterocycles. The van der Waals surface area contributed by atoms with Gasteiger partial charge in [-0.3, -0.25) is 14.4 Å². The minimum Gasteiger partial charge on any atom is -0.324 e. The number of nitrogens with one attached hydrogen (secondary N) is 2. The number of anilines is 1. The minimum absolute atomic E-state index is 0.109. The third kappa shape index (κ3) is 3.96. The molecule has 26 heavy (non-hydrogen) atoms. The first-order valence-electron chi connectivity index (χ1n) is 8.34.